The maximum atomic E-state index is 3.69. The molecule has 0 spiro atoms. The Morgan fingerprint density at radius 2 is 1.90 bits per heavy atom. The Hall–Kier alpha value is -0.390. The Balaban J connectivity index is 2.47. The van der Waals surface area contributed by atoms with E-state index in [2.05, 4.69) is 100 Å². The summed E-state index contributed by atoms with van der Waals surface area (Å²) in [7, 11) is 0. The third-order valence-electron chi connectivity index (χ3n) is 3.37. The summed E-state index contributed by atoms with van der Waals surface area (Å²) < 4.78 is 2.42. The normalized spacial score (nSPS) is 12.4. The summed E-state index contributed by atoms with van der Waals surface area (Å²) in [5.41, 5.74) is 4.02. The van der Waals surface area contributed by atoms with E-state index >= 15 is 0 Å². The van der Waals surface area contributed by atoms with Crippen molar-refractivity contribution in [1.29, 1.82) is 0 Å². The van der Waals surface area contributed by atoms with E-state index < -0.39 is 0 Å². The van der Waals surface area contributed by atoms with Crippen LogP contribution >= 0.6 is 38.5 Å². The van der Waals surface area contributed by atoms with Crippen LogP contribution in [-0.4, -0.2) is 6.54 Å². The third-order valence-corrected chi connectivity index (χ3v) is 4.84. The lowest BCUT2D eigenvalue weighted by Crippen LogP contribution is -2.24. The van der Waals surface area contributed by atoms with Crippen LogP contribution in [0.1, 0.15) is 36.1 Å². The molecular formula is C17H19BrIN. The average Bonchev–Trinajstić information content (AvgIpc) is 2.44. The summed E-state index contributed by atoms with van der Waals surface area (Å²) in [6.07, 6.45) is 1.13. The second-order valence-corrected chi connectivity index (χ2v) is 6.99. The average molecular weight is 444 g/mol. The molecule has 0 aliphatic heterocycles. The fourth-order valence-electron chi connectivity index (χ4n) is 2.32. The minimum atomic E-state index is 0.251. The van der Waals surface area contributed by atoms with Crippen LogP contribution < -0.4 is 5.32 Å². The monoisotopic (exact) mass is 443 g/mol. The highest BCUT2D eigenvalue weighted by Crippen LogP contribution is 2.30. The van der Waals surface area contributed by atoms with Crippen molar-refractivity contribution in [2.45, 2.75) is 26.3 Å². The Labute approximate surface area is 143 Å². The van der Waals surface area contributed by atoms with Gasteiger partial charge in [-0.25, -0.2) is 0 Å². The van der Waals surface area contributed by atoms with Gasteiger partial charge in [-0.15, -0.1) is 0 Å². The minimum Gasteiger partial charge on any atom is -0.306 e. The topological polar surface area (TPSA) is 12.0 Å². The van der Waals surface area contributed by atoms with Crippen molar-refractivity contribution < 1.29 is 0 Å². The molecule has 0 aromatic heterocycles. The van der Waals surface area contributed by atoms with Crippen LogP contribution in [0.15, 0.2) is 46.9 Å². The standard InChI is InChI=1S/C17H19BrIN/c1-3-10-20-17(14-7-5-4-6-12(14)2)15-11-13(18)8-9-16(15)19/h4-9,11,17,20H,3,10H2,1-2H3. The molecule has 0 aliphatic rings. The van der Waals surface area contributed by atoms with Crippen molar-refractivity contribution in [2.75, 3.05) is 6.54 Å². The molecule has 1 atom stereocenters. The number of benzene rings is 2. The number of nitrogens with one attached hydrogen (secondary N) is 1. The van der Waals surface area contributed by atoms with E-state index in [4.69, 9.17) is 0 Å². The van der Waals surface area contributed by atoms with Crippen molar-refractivity contribution >= 4 is 38.5 Å². The SMILES string of the molecule is CCCNC(c1ccccc1C)c1cc(Br)ccc1I. The molecule has 0 saturated heterocycles. The highest BCUT2D eigenvalue weighted by atomic mass is 127. The molecule has 1 nitrogen and oxygen atoms in total. The summed E-state index contributed by atoms with van der Waals surface area (Å²) in [6, 6.07) is 15.4. The van der Waals surface area contributed by atoms with Crippen LogP contribution in [0.3, 0.4) is 0 Å². The summed E-state index contributed by atoms with van der Waals surface area (Å²) in [4.78, 5) is 0. The third kappa shape index (κ3) is 3.83. The molecule has 0 radical (unpaired) electrons. The number of rotatable bonds is 5. The summed E-state index contributed by atoms with van der Waals surface area (Å²) >= 11 is 6.01. The van der Waals surface area contributed by atoms with E-state index in [9.17, 15) is 0 Å². The predicted octanol–water partition coefficient (Wildman–Crippen LogP) is 5.45. The van der Waals surface area contributed by atoms with Gasteiger partial charge in [-0.1, -0.05) is 47.1 Å². The van der Waals surface area contributed by atoms with Gasteiger partial charge in [-0.05, 0) is 77.4 Å². The van der Waals surface area contributed by atoms with Gasteiger partial charge in [0.2, 0.25) is 0 Å². The first-order valence-electron chi connectivity index (χ1n) is 6.87. The second-order valence-electron chi connectivity index (χ2n) is 4.91. The molecular weight excluding hydrogens is 425 g/mol. The molecule has 2 aromatic rings. The van der Waals surface area contributed by atoms with Crippen molar-refractivity contribution in [3.05, 3.63) is 67.2 Å². The molecule has 1 N–H and O–H groups in total. The number of aryl methyl sites for hydroxylation is 1. The van der Waals surface area contributed by atoms with Gasteiger partial charge in [0.05, 0.1) is 6.04 Å². The van der Waals surface area contributed by atoms with Crippen molar-refractivity contribution in [3.8, 4) is 0 Å². The fraction of sp³-hybridized carbons (Fsp3) is 0.294. The zero-order chi connectivity index (χ0) is 14.5. The molecule has 0 saturated carbocycles. The van der Waals surface area contributed by atoms with Crippen LogP contribution in [0, 0.1) is 10.5 Å². The van der Waals surface area contributed by atoms with Crippen LogP contribution in [-0.2, 0) is 0 Å². The summed E-state index contributed by atoms with van der Waals surface area (Å²) in [5.74, 6) is 0. The van der Waals surface area contributed by atoms with E-state index in [0.717, 1.165) is 17.4 Å². The summed E-state index contributed by atoms with van der Waals surface area (Å²) in [5, 5.41) is 3.69. The first-order chi connectivity index (χ1) is 9.63. The highest BCUT2D eigenvalue weighted by molar-refractivity contribution is 14.1. The lowest BCUT2D eigenvalue weighted by atomic mass is 9.95. The Kier molecular flexibility index (Phi) is 6.05. The zero-order valence-corrected chi connectivity index (χ0v) is 15.5. The van der Waals surface area contributed by atoms with E-state index in [1.807, 2.05) is 0 Å². The van der Waals surface area contributed by atoms with Crippen LogP contribution in [0.2, 0.25) is 0 Å². The molecule has 20 heavy (non-hydrogen) atoms. The van der Waals surface area contributed by atoms with Crippen LogP contribution in [0.25, 0.3) is 0 Å². The van der Waals surface area contributed by atoms with Crippen LogP contribution in [0.4, 0.5) is 0 Å². The maximum Gasteiger partial charge on any atom is 0.0590 e. The molecule has 1 unspecified atom stereocenters. The lowest BCUT2D eigenvalue weighted by molar-refractivity contribution is 0.594. The van der Waals surface area contributed by atoms with Crippen molar-refractivity contribution in [2.24, 2.45) is 0 Å². The van der Waals surface area contributed by atoms with E-state index in [1.165, 1.54) is 20.3 Å². The molecule has 0 heterocycles. The zero-order valence-electron chi connectivity index (χ0n) is 11.8. The minimum absolute atomic E-state index is 0.251. The number of hydrogen-bond acceptors (Lipinski definition) is 1. The molecule has 3 heteroatoms. The smallest absolute Gasteiger partial charge is 0.0590 e. The summed E-state index contributed by atoms with van der Waals surface area (Å²) in [6.45, 7) is 5.40. The van der Waals surface area contributed by atoms with E-state index in [1.54, 1.807) is 0 Å². The molecule has 0 aliphatic carbocycles. The van der Waals surface area contributed by atoms with Gasteiger partial charge >= 0.3 is 0 Å². The van der Waals surface area contributed by atoms with Crippen molar-refractivity contribution in [3.63, 3.8) is 0 Å². The maximum absolute atomic E-state index is 3.69. The first kappa shape index (κ1) is 16.0. The molecule has 0 fully saturated rings. The van der Waals surface area contributed by atoms with Gasteiger partial charge in [0.15, 0.2) is 0 Å². The van der Waals surface area contributed by atoms with Crippen molar-refractivity contribution in [1.82, 2.24) is 5.32 Å². The van der Waals surface area contributed by atoms with Gasteiger partial charge in [0.1, 0.15) is 0 Å². The molecule has 0 bridgehead atoms. The Morgan fingerprint density at radius 3 is 2.60 bits per heavy atom. The van der Waals surface area contributed by atoms with Gasteiger partial charge in [0.25, 0.3) is 0 Å². The van der Waals surface area contributed by atoms with Gasteiger partial charge in [-0.2, -0.15) is 0 Å². The first-order valence-corrected chi connectivity index (χ1v) is 8.74. The number of hydrogen-bond donors (Lipinski definition) is 1. The molecule has 0 amide bonds. The molecule has 2 aromatic carbocycles. The highest BCUT2D eigenvalue weighted by Gasteiger charge is 2.17. The second kappa shape index (κ2) is 7.57. The van der Waals surface area contributed by atoms with Gasteiger partial charge < -0.3 is 5.32 Å². The predicted molar refractivity (Wildman–Crippen MR) is 98.2 cm³/mol. The van der Waals surface area contributed by atoms with Gasteiger partial charge in [-0.3, -0.25) is 0 Å². The quantitative estimate of drug-likeness (QED) is 0.605. The fourth-order valence-corrected chi connectivity index (χ4v) is 3.35. The van der Waals surface area contributed by atoms with E-state index in [-0.39, 0.29) is 6.04 Å². The van der Waals surface area contributed by atoms with Gasteiger partial charge in [0, 0.05) is 8.04 Å². The molecule has 2 rings (SSSR count). The van der Waals surface area contributed by atoms with Crippen LogP contribution in [0.5, 0.6) is 0 Å². The Bertz CT molecular complexity index is 583. The lowest BCUT2D eigenvalue weighted by Gasteiger charge is -2.23. The largest absolute Gasteiger partial charge is 0.306 e. The number of halogens is 2. The molecule has 106 valence electrons. The van der Waals surface area contributed by atoms with E-state index in [0.29, 0.717) is 0 Å². The Morgan fingerprint density at radius 1 is 1.15 bits per heavy atom.